The van der Waals surface area contributed by atoms with E-state index < -0.39 is 12.0 Å². The molecule has 0 radical (unpaired) electrons. The second kappa shape index (κ2) is 4.44. The van der Waals surface area contributed by atoms with Crippen LogP contribution < -0.4 is 10.2 Å². The molecule has 2 rings (SSSR count). The van der Waals surface area contributed by atoms with Gasteiger partial charge in [-0.05, 0) is 19.1 Å². The number of nitrogens with one attached hydrogen (secondary N) is 1. The first-order valence-corrected chi connectivity index (χ1v) is 5.18. The third-order valence-corrected chi connectivity index (χ3v) is 2.58. The molecule has 0 aromatic carbocycles. The van der Waals surface area contributed by atoms with E-state index in [-0.39, 0.29) is 0 Å². The topological polar surface area (TPSA) is 78.4 Å². The Kier molecular flexibility index (Phi) is 3.00. The Bertz CT molecular complexity index is 379. The molecule has 1 aliphatic rings. The summed E-state index contributed by atoms with van der Waals surface area (Å²) in [5.74, 6) is -0.0943. The molecule has 0 spiro atoms. The molecule has 1 aromatic rings. The molecule has 0 aliphatic carbocycles. The average molecular weight is 222 g/mol. The van der Waals surface area contributed by atoms with E-state index in [1.54, 1.807) is 0 Å². The van der Waals surface area contributed by atoms with Crippen LogP contribution in [-0.4, -0.2) is 46.9 Å². The number of aromatic nitrogens is 2. The van der Waals surface area contributed by atoms with Crippen molar-refractivity contribution < 1.29 is 9.90 Å². The summed E-state index contributed by atoms with van der Waals surface area (Å²) in [5, 5.41) is 19.9. The van der Waals surface area contributed by atoms with Crippen molar-refractivity contribution >= 4 is 11.8 Å². The number of aryl methyl sites for hydroxylation is 1. The van der Waals surface area contributed by atoms with Gasteiger partial charge in [0.05, 0.1) is 5.69 Å². The summed E-state index contributed by atoms with van der Waals surface area (Å²) < 4.78 is 0. The van der Waals surface area contributed by atoms with Crippen LogP contribution in [0, 0.1) is 6.92 Å². The van der Waals surface area contributed by atoms with E-state index in [2.05, 4.69) is 15.5 Å². The summed E-state index contributed by atoms with van der Waals surface area (Å²) >= 11 is 0. The van der Waals surface area contributed by atoms with Gasteiger partial charge in [0.1, 0.15) is 6.04 Å². The third kappa shape index (κ3) is 2.27. The average Bonchev–Trinajstić information content (AvgIpc) is 2.30. The number of carboxylic acid groups (broad SMARTS) is 1. The Hall–Kier alpha value is -1.69. The largest absolute Gasteiger partial charge is 0.480 e. The van der Waals surface area contributed by atoms with Crippen LogP contribution in [0.4, 0.5) is 5.82 Å². The number of aliphatic carboxylic acids is 1. The van der Waals surface area contributed by atoms with Crippen LogP contribution in [0.5, 0.6) is 0 Å². The van der Waals surface area contributed by atoms with E-state index in [9.17, 15) is 4.79 Å². The second-order valence-electron chi connectivity index (χ2n) is 3.82. The molecule has 1 fully saturated rings. The Morgan fingerprint density at radius 1 is 1.56 bits per heavy atom. The van der Waals surface area contributed by atoms with Crippen LogP contribution in [0.1, 0.15) is 5.69 Å². The zero-order valence-corrected chi connectivity index (χ0v) is 9.05. The molecular formula is C10H14N4O2. The fraction of sp³-hybridized carbons (Fsp3) is 0.500. The van der Waals surface area contributed by atoms with Crippen LogP contribution in [0.2, 0.25) is 0 Å². The molecule has 6 heteroatoms. The fourth-order valence-corrected chi connectivity index (χ4v) is 1.68. The van der Waals surface area contributed by atoms with Crippen LogP contribution >= 0.6 is 0 Å². The normalized spacial score (nSPS) is 20.8. The van der Waals surface area contributed by atoms with Crippen LogP contribution in [0.3, 0.4) is 0 Å². The maximum absolute atomic E-state index is 10.9. The van der Waals surface area contributed by atoms with Gasteiger partial charge in [0.25, 0.3) is 0 Å². The molecule has 0 unspecified atom stereocenters. The Morgan fingerprint density at radius 2 is 2.38 bits per heavy atom. The number of nitrogens with zero attached hydrogens (tertiary/aromatic N) is 3. The number of rotatable bonds is 2. The van der Waals surface area contributed by atoms with Crippen molar-refractivity contribution in [1.29, 1.82) is 0 Å². The minimum absolute atomic E-state index is 0.424. The first-order chi connectivity index (χ1) is 7.66. The Balaban J connectivity index is 2.09. The standard InChI is InChI=1S/C10H14N4O2/c1-7-2-3-9(13-12-7)14-5-4-11-8(6-14)10(15)16/h2-3,8,11H,4-6H2,1H3,(H,15,16)/t8-/m0/s1. The molecule has 0 amide bonds. The predicted molar refractivity (Wildman–Crippen MR) is 58.4 cm³/mol. The number of hydrogen-bond donors (Lipinski definition) is 2. The van der Waals surface area contributed by atoms with Crippen molar-refractivity contribution in [3.63, 3.8) is 0 Å². The van der Waals surface area contributed by atoms with Crippen LogP contribution in [-0.2, 0) is 4.79 Å². The molecular weight excluding hydrogens is 208 g/mol. The van der Waals surface area contributed by atoms with E-state index in [0.717, 1.165) is 18.1 Å². The predicted octanol–water partition coefficient (Wildman–Crippen LogP) is -0.352. The van der Waals surface area contributed by atoms with E-state index in [0.29, 0.717) is 13.1 Å². The smallest absolute Gasteiger partial charge is 0.322 e. The van der Waals surface area contributed by atoms with Crippen molar-refractivity contribution in [3.05, 3.63) is 17.8 Å². The molecule has 0 bridgehead atoms. The highest BCUT2D eigenvalue weighted by Crippen LogP contribution is 2.11. The minimum atomic E-state index is -0.829. The lowest BCUT2D eigenvalue weighted by Gasteiger charge is -2.32. The van der Waals surface area contributed by atoms with Gasteiger partial charge >= 0.3 is 5.97 Å². The maximum atomic E-state index is 10.9. The molecule has 1 aliphatic heterocycles. The molecule has 1 atom stereocenters. The monoisotopic (exact) mass is 222 g/mol. The summed E-state index contributed by atoms with van der Waals surface area (Å²) in [7, 11) is 0. The molecule has 2 heterocycles. The maximum Gasteiger partial charge on any atom is 0.322 e. The summed E-state index contributed by atoms with van der Waals surface area (Å²) in [5.41, 5.74) is 0.855. The highest BCUT2D eigenvalue weighted by molar-refractivity contribution is 5.74. The van der Waals surface area contributed by atoms with Gasteiger partial charge in [-0.25, -0.2) is 0 Å². The molecule has 16 heavy (non-hydrogen) atoms. The summed E-state index contributed by atoms with van der Waals surface area (Å²) in [6.07, 6.45) is 0. The second-order valence-corrected chi connectivity index (χ2v) is 3.82. The highest BCUT2D eigenvalue weighted by Gasteiger charge is 2.25. The van der Waals surface area contributed by atoms with Crippen molar-refractivity contribution in [3.8, 4) is 0 Å². The van der Waals surface area contributed by atoms with Gasteiger partial charge < -0.3 is 15.3 Å². The lowest BCUT2D eigenvalue weighted by atomic mass is 10.2. The van der Waals surface area contributed by atoms with E-state index in [4.69, 9.17) is 5.11 Å². The molecule has 1 aromatic heterocycles. The highest BCUT2D eigenvalue weighted by atomic mass is 16.4. The summed E-state index contributed by atoms with van der Waals surface area (Å²) in [4.78, 5) is 12.8. The Labute approximate surface area is 93.3 Å². The third-order valence-electron chi connectivity index (χ3n) is 2.58. The lowest BCUT2D eigenvalue weighted by molar-refractivity contribution is -0.139. The zero-order chi connectivity index (χ0) is 11.5. The fourth-order valence-electron chi connectivity index (χ4n) is 1.68. The number of hydrogen-bond acceptors (Lipinski definition) is 5. The van der Waals surface area contributed by atoms with Gasteiger partial charge in [0, 0.05) is 19.6 Å². The first-order valence-electron chi connectivity index (χ1n) is 5.18. The number of piperazine rings is 1. The van der Waals surface area contributed by atoms with Crippen molar-refractivity contribution in [2.24, 2.45) is 0 Å². The summed E-state index contributed by atoms with van der Waals surface area (Å²) in [6.45, 7) is 3.69. The van der Waals surface area contributed by atoms with Crippen LogP contribution in [0.25, 0.3) is 0 Å². The minimum Gasteiger partial charge on any atom is -0.480 e. The first kappa shape index (κ1) is 10.8. The van der Waals surface area contributed by atoms with Gasteiger partial charge in [-0.1, -0.05) is 0 Å². The number of carbonyl (C=O) groups is 1. The van der Waals surface area contributed by atoms with Crippen molar-refractivity contribution in [1.82, 2.24) is 15.5 Å². The van der Waals surface area contributed by atoms with Crippen molar-refractivity contribution in [2.75, 3.05) is 24.5 Å². The zero-order valence-electron chi connectivity index (χ0n) is 9.05. The van der Waals surface area contributed by atoms with Gasteiger partial charge in [-0.15, -0.1) is 5.10 Å². The number of anilines is 1. The summed E-state index contributed by atoms with van der Waals surface area (Å²) in [6, 6.07) is 3.21. The Morgan fingerprint density at radius 3 is 3.00 bits per heavy atom. The van der Waals surface area contributed by atoms with E-state index in [1.165, 1.54) is 0 Å². The van der Waals surface area contributed by atoms with Gasteiger partial charge in [0.2, 0.25) is 0 Å². The number of carboxylic acids is 1. The quantitative estimate of drug-likeness (QED) is 0.712. The van der Waals surface area contributed by atoms with E-state index in [1.807, 2.05) is 24.0 Å². The van der Waals surface area contributed by atoms with E-state index >= 15 is 0 Å². The molecule has 1 saturated heterocycles. The molecule has 0 saturated carbocycles. The molecule has 86 valence electrons. The van der Waals surface area contributed by atoms with Gasteiger partial charge in [-0.2, -0.15) is 5.10 Å². The molecule has 2 N–H and O–H groups in total. The van der Waals surface area contributed by atoms with Gasteiger partial charge in [0.15, 0.2) is 5.82 Å². The van der Waals surface area contributed by atoms with Crippen LogP contribution in [0.15, 0.2) is 12.1 Å². The lowest BCUT2D eigenvalue weighted by Crippen LogP contribution is -2.54. The van der Waals surface area contributed by atoms with Gasteiger partial charge in [-0.3, -0.25) is 4.79 Å². The SMILES string of the molecule is Cc1ccc(N2CCN[C@H](C(=O)O)C2)nn1. The molecule has 6 nitrogen and oxygen atoms in total. The van der Waals surface area contributed by atoms with Crippen molar-refractivity contribution in [2.45, 2.75) is 13.0 Å².